The van der Waals surface area contributed by atoms with Crippen molar-refractivity contribution >= 4 is 21.6 Å². The molecule has 0 fully saturated rings. The van der Waals surface area contributed by atoms with E-state index in [0.717, 1.165) is 18.2 Å². The molecule has 18 heavy (non-hydrogen) atoms. The number of likely N-dealkylation sites (N-methyl/N-ethyl adjacent to an activating group) is 1. The Morgan fingerprint density at radius 2 is 2.11 bits per heavy atom. The lowest BCUT2D eigenvalue weighted by Crippen LogP contribution is -2.37. The fourth-order valence-electron chi connectivity index (χ4n) is 1.24. The Morgan fingerprint density at radius 3 is 2.72 bits per heavy atom. The molecule has 4 N–H and O–H groups in total. The number of hydrogen-bond donors (Lipinski definition) is 3. The summed E-state index contributed by atoms with van der Waals surface area (Å²) in [7, 11) is -4.00. The molecule has 0 saturated carbocycles. The largest absolute Gasteiger partial charge is 0.398 e. The van der Waals surface area contributed by atoms with Gasteiger partial charge in [0.15, 0.2) is 0 Å². The minimum Gasteiger partial charge on any atom is -0.398 e. The van der Waals surface area contributed by atoms with E-state index in [1.165, 1.54) is 0 Å². The Bertz CT molecular complexity index is 545. The second-order valence-electron chi connectivity index (χ2n) is 3.46. The van der Waals surface area contributed by atoms with E-state index in [-0.39, 0.29) is 10.6 Å². The van der Waals surface area contributed by atoms with Crippen LogP contribution in [0.15, 0.2) is 23.1 Å². The van der Waals surface area contributed by atoms with Crippen LogP contribution in [0, 0.1) is 5.82 Å². The third-order valence-corrected chi connectivity index (χ3v) is 3.52. The maximum Gasteiger partial charge on any atom is 0.243 e. The first-order valence-electron chi connectivity index (χ1n) is 5.18. The number of benzene rings is 1. The molecule has 1 rings (SSSR count). The fraction of sp³-hybridized carbons (Fsp3) is 0.300. The summed E-state index contributed by atoms with van der Waals surface area (Å²) >= 11 is 0. The van der Waals surface area contributed by atoms with Gasteiger partial charge in [-0.15, -0.1) is 0 Å². The lowest BCUT2D eigenvalue weighted by atomic mass is 10.3. The van der Waals surface area contributed by atoms with Crippen molar-refractivity contribution in [1.29, 1.82) is 0 Å². The van der Waals surface area contributed by atoms with Gasteiger partial charge in [-0.05, 0) is 25.1 Å². The van der Waals surface area contributed by atoms with Crippen LogP contribution in [-0.2, 0) is 14.8 Å². The van der Waals surface area contributed by atoms with Gasteiger partial charge >= 0.3 is 0 Å². The summed E-state index contributed by atoms with van der Waals surface area (Å²) in [4.78, 5) is 10.7. The van der Waals surface area contributed by atoms with Crippen LogP contribution in [-0.4, -0.2) is 27.4 Å². The molecule has 0 aliphatic heterocycles. The van der Waals surface area contributed by atoms with Crippen LogP contribution in [0.25, 0.3) is 0 Å². The minimum atomic E-state index is -4.00. The zero-order chi connectivity index (χ0) is 13.8. The zero-order valence-electron chi connectivity index (χ0n) is 9.73. The molecule has 0 unspecified atom stereocenters. The average Bonchev–Trinajstić information content (AvgIpc) is 2.30. The second kappa shape index (κ2) is 5.78. The van der Waals surface area contributed by atoms with E-state index in [0.29, 0.717) is 6.54 Å². The summed E-state index contributed by atoms with van der Waals surface area (Å²) in [5.41, 5.74) is 5.37. The van der Waals surface area contributed by atoms with Crippen LogP contribution in [0.2, 0.25) is 0 Å². The SMILES string of the molecule is CCNC(=O)CNS(=O)(=O)c1cc(F)ccc1N. The number of sulfonamides is 1. The Morgan fingerprint density at radius 1 is 1.44 bits per heavy atom. The van der Waals surface area contributed by atoms with Gasteiger partial charge in [0, 0.05) is 6.54 Å². The van der Waals surface area contributed by atoms with E-state index in [2.05, 4.69) is 5.32 Å². The van der Waals surface area contributed by atoms with Gasteiger partial charge in [-0.2, -0.15) is 0 Å². The van der Waals surface area contributed by atoms with E-state index in [9.17, 15) is 17.6 Å². The number of halogens is 1. The highest BCUT2D eigenvalue weighted by atomic mass is 32.2. The quantitative estimate of drug-likeness (QED) is 0.649. The van der Waals surface area contributed by atoms with Crippen LogP contribution < -0.4 is 15.8 Å². The normalized spacial score (nSPS) is 11.2. The van der Waals surface area contributed by atoms with Crippen molar-refractivity contribution in [3.63, 3.8) is 0 Å². The van der Waals surface area contributed by atoms with Gasteiger partial charge in [-0.1, -0.05) is 0 Å². The third-order valence-electron chi connectivity index (χ3n) is 2.06. The molecule has 8 heteroatoms. The van der Waals surface area contributed by atoms with Crippen molar-refractivity contribution in [2.45, 2.75) is 11.8 Å². The molecular formula is C10H14FN3O3S. The summed E-state index contributed by atoms with van der Waals surface area (Å²) in [5, 5.41) is 2.42. The summed E-state index contributed by atoms with van der Waals surface area (Å²) in [5.74, 6) is -1.20. The van der Waals surface area contributed by atoms with Gasteiger partial charge in [0.25, 0.3) is 0 Å². The van der Waals surface area contributed by atoms with Crippen molar-refractivity contribution in [3.05, 3.63) is 24.0 Å². The highest BCUT2D eigenvalue weighted by molar-refractivity contribution is 7.89. The topological polar surface area (TPSA) is 101 Å². The number of amides is 1. The smallest absolute Gasteiger partial charge is 0.243 e. The molecule has 0 spiro atoms. The van der Waals surface area contributed by atoms with E-state index < -0.39 is 28.3 Å². The first-order chi connectivity index (χ1) is 8.36. The number of nitrogens with two attached hydrogens (primary N) is 1. The molecule has 1 aromatic carbocycles. The molecule has 0 aromatic heterocycles. The zero-order valence-corrected chi connectivity index (χ0v) is 10.6. The molecule has 0 heterocycles. The average molecular weight is 275 g/mol. The monoisotopic (exact) mass is 275 g/mol. The fourth-order valence-corrected chi connectivity index (χ4v) is 2.36. The van der Waals surface area contributed by atoms with Crippen LogP contribution >= 0.6 is 0 Å². The third kappa shape index (κ3) is 3.67. The number of nitrogen functional groups attached to an aromatic ring is 1. The predicted molar refractivity (Wildman–Crippen MR) is 64.7 cm³/mol. The summed E-state index contributed by atoms with van der Waals surface area (Å²) < 4.78 is 38.6. The summed E-state index contributed by atoms with van der Waals surface area (Å²) in [6.45, 7) is 1.67. The van der Waals surface area contributed by atoms with Crippen molar-refractivity contribution in [1.82, 2.24) is 10.0 Å². The van der Waals surface area contributed by atoms with E-state index >= 15 is 0 Å². The predicted octanol–water partition coefficient (Wildman–Crippen LogP) is -0.178. The number of hydrogen-bond acceptors (Lipinski definition) is 4. The lowest BCUT2D eigenvalue weighted by Gasteiger charge is -2.09. The van der Waals surface area contributed by atoms with Gasteiger partial charge in [0.2, 0.25) is 15.9 Å². The van der Waals surface area contributed by atoms with Crippen molar-refractivity contribution < 1.29 is 17.6 Å². The van der Waals surface area contributed by atoms with Gasteiger partial charge in [-0.3, -0.25) is 4.79 Å². The number of carbonyl (C=O) groups excluding carboxylic acids is 1. The highest BCUT2D eigenvalue weighted by Crippen LogP contribution is 2.18. The van der Waals surface area contributed by atoms with Crippen LogP contribution in [0.1, 0.15) is 6.92 Å². The van der Waals surface area contributed by atoms with Crippen LogP contribution in [0.4, 0.5) is 10.1 Å². The van der Waals surface area contributed by atoms with Gasteiger partial charge in [-0.25, -0.2) is 17.5 Å². The molecule has 100 valence electrons. The van der Waals surface area contributed by atoms with Crippen molar-refractivity contribution in [2.75, 3.05) is 18.8 Å². The van der Waals surface area contributed by atoms with E-state index in [1.54, 1.807) is 6.92 Å². The molecule has 0 aliphatic carbocycles. The lowest BCUT2D eigenvalue weighted by molar-refractivity contribution is -0.119. The maximum atomic E-state index is 13.0. The molecule has 0 radical (unpaired) electrons. The molecule has 0 atom stereocenters. The Labute approximate surface area is 104 Å². The highest BCUT2D eigenvalue weighted by Gasteiger charge is 2.19. The molecule has 0 aliphatic rings. The summed E-state index contributed by atoms with van der Waals surface area (Å²) in [6, 6.07) is 3.00. The number of rotatable bonds is 5. The minimum absolute atomic E-state index is 0.0835. The number of carbonyl (C=O) groups is 1. The molecular weight excluding hydrogens is 261 g/mol. The molecule has 0 saturated heterocycles. The first kappa shape index (κ1) is 14.4. The molecule has 1 amide bonds. The number of anilines is 1. The van der Waals surface area contributed by atoms with Gasteiger partial charge < -0.3 is 11.1 Å². The van der Waals surface area contributed by atoms with Crippen LogP contribution in [0.5, 0.6) is 0 Å². The van der Waals surface area contributed by atoms with Crippen molar-refractivity contribution in [2.24, 2.45) is 0 Å². The molecule has 6 nitrogen and oxygen atoms in total. The summed E-state index contributed by atoms with van der Waals surface area (Å²) in [6.07, 6.45) is 0. The molecule has 1 aromatic rings. The Hall–Kier alpha value is -1.67. The van der Waals surface area contributed by atoms with Gasteiger partial charge in [0.05, 0.1) is 12.2 Å². The van der Waals surface area contributed by atoms with E-state index in [1.807, 2.05) is 4.72 Å². The van der Waals surface area contributed by atoms with Gasteiger partial charge in [0.1, 0.15) is 10.7 Å². The first-order valence-corrected chi connectivity index (χ1v) is 6.66. The van der Waals surface area contributed by atoms with E-state index in [4.69, 9.17) is 5.73 Å². The maximum absolute atomic E-state index is 13.0. The Kier molecular flexibility index (Phi) is 4.62. The molecule has 0 bridgehead atoms. The Balaban J connectivity index is 2.87. The standard InChI is InChI=1S/C10H14FN3O3S/c1-2-13-10(15)6-14-18(16,17)9-5-7(11)3-4-8(9)12/h3-5,14H,2,6,12H2,1H3,(H,13,15). The second-order valence-corrected chi connectivity index (χ2v) is 5.20. The number of nitrogens with one attached hydrogen (secondary N) is 2. The van der Waals surface area contributed by atoms with Crippen molar-refractivity contribution in [3.8, 4) is 0 Å². The van der Waals surface area contributed by atoms with Crippen LogP contribution in [0.3, 0.4) is 0 Å².